The number of hydrazone groups is 1. The van der Waals surface area contributed by atoms with Crippen molar-refractivity contribution < 1.29 is 37.5 Å². The molecule has 0 N–H and O–H groups in total. The van der Waals surface area contributed by atoms with Crippen LogP contribution < -0.4 is 0 Å². The van der Waals surface area contributed by atoms with Crippen LogP contribution in [0, 0.1) is 25.8 Å². The smallest absolute Gasteiger partial charge is 0.243 e. The van der Waals surface area contributed by atoms with Crippen LogP contribution in [0.3, 0.4) is 0 Å². The monoisotopic (exact) mass is 464 g/mol. The first-order valence-electron chi connectivity index (χ1n) is 10.0. The zero-order valence-corrected chi connectivity index (χ0v) is 21.1. The summed E-state index contributed by atoms with van der Waals surface area (Å²) in [5.41, 5.74) is 5.68. The minimum atomic E-state index is -0.272. The minimum Gasteiger partial charge on any atom is -0.478 e. The molecule has 4 heteroatoms. The van der Waals surface area contributed by atoms with E-state index in [2.05, 4.69) is 49.8 Å². The molecule has 1 radical (unpaired) electrons. The van der Waals surface area contributed by atoms with Gasteiger partial charge in [0.2, 0.25) is 5.91 Å². The molecular weight excluding hydrogens is 433 g/mol. The zero-order valence-electron chi connectivity index (χ0n) is 18.3. The Hall–Kier alpha value is -1.58. The summed E-state index contributed by atoms with van der Waals surface area (Å²) in [5, 5.41) is 6.27. The van der Waals surface area contributed by atoms with Gasteiger partial charge in [0.15, 0.2) is 0 Å². The Balaban J connectivity index is 0.00000136. The number of benzene rings is 2. The van der Waals surface area contributed by atoms with Crippen LogP contribution in [0.2, 0.25) is 0 Å². The Labute approximate surface area is 201 Å². The van der Waals surface area contributed by atoms with Gasteiger partial charge in [-0.15, -0.1) is 0 Å². The first-order chi connectivity index (χ1) is 13.5. The zero-order chi connectivity index (χ0) is 20.7. The third-order valence-corrected chi connectivity index (χ3v) is 5.01. The Kier molecular flexibility index (Phi) is 10.7. The summed E-state index contributed by atoms with van der Waals surface area (Å²) in [4.78, 5) is 12.8. The molecule has 2 atom stereocenters. The van der Waals surface area contributed by atoms with Gasteiger partial charge in [-0.2, -0.15) is 5.10 Å². The van der Waals surface area contributed by atoms with Crippen LogP contribution in [0.15, 0.2) is 60.2 Å². The molecule has 2 aromatic carbocycles. The van der Waals surface area contributed by atoms with E-state index in [1.54, 1.807) is 5.01 Å². The number of nitrogens with zero attached hydrogens (tertiary/aromatic N) is 2. The average Bonchev–Trinajstić information content (AvgIpc) is 2.73. The van der Waals surface area contributed by atoms with Gasteiger partial charge in [-0.25, -0.2) is 0 Å². The molecule has 0 aliphatic carbocycles. The summed E-state index contributed by atoms with van der Waals surface area (Å²) >= 11 is 0. The quantitative estimate of drug-likeness (QED) is 0.538. The maximum atomic E-state index is 12.8. The summed E-state index contributed by atoms with van der Waals surface area (Å²) in [7, 11) is 0. The number of amides is 1. The number of carbonyl (C=O) groups excluding carboxylic acids is 1. The second-order valence-electron chi connectivity index (χ2n) is 7.04. The van der Waals surface area contributed by atoms with Crippen molar-refractivity contribution in [2.45, 2.75) is 53.5 Å². The third kappa shape index (κ3) is 6.45. The Morgan fingerprint density at radius 1 is 1.14 bits per heavy atom. The van der Waals surface area contributed by atoms with Gasteiger partial charge in [0, 0.05) is 45.0 Å². The molecule has 0 aromatic heterocycles. The first-order valence-corrected chi connectivity index (χ1v) is 10.0. The summed E-state index contributed by atoms with van der Waals surface area (Å²) in [6.45, 7) is 14.0. The number of hydrogen-bond acceptors (Lipinski definition) is 2. The van der Waals surface area contributed by atoms with E-state index >= 15 is 0 Å². The summed E-state index contributed by atoms with van der Waals surface area (Å²) in [6.07, 6.45) is 4.35. The molecule has 0 spiro atoms. The van der Waals surface area contributed by atoms with Crippen molar-refractivity contribution in [3.8, 4) is 0 Å². The predicted octanol–water partition coefficient (Wildman–Crippen LogP) is 5.50. The maximum absolute atomic E-state index is 12.8. The van der Waals surface area contributed by atoms with Gasteiger partial charge in [0.05, 0.1) is 5.71 Å². The van der Waals surface area contributed by atoms with Gasteiger partial charge >= 0.3 is 0 Å². The Morgan fingerprint density at radius 3 is 2.38 bits per heavy atom. The average molecular weight is 464 g/mol. The molecular formula is C25H31N2OY-. The molecule has 1 heterocycles. The molecule has 2 unspecified atom stereocenters. The van der Waals surface area contributed by atoms with Gasteiger partial charge in [0.25, 0.3) is 0 Å². The third-order valence-electron chi connectivity index (χ3n) is 5.01. The van der Waals surface area contributed by atoms with Gasteiger partial charge in [-0.1, -0.05) is 75.3 Å². The van der Waals surface area contributed by atoms with E-state index in [9.17, 15) is 4.79 Å². The molecule has 29 heavy (non-hydrogen) atoms. The van der Waals surface area contributed by atoms with Crippen molar-refractivity contribution in [2.75, 3.05) is 0 Å². The minimum absolute atomic E-state index is 0. The van der Waals surface area contributed by atoms with Crippen LogP contribution in [0.5, 0.6) is 0 Å². The summed E-state index contributed by atoms with van der Waals surface area (Å²) in [6, 6.07) is 16.2. The summed E-state index contributed by atoms with van der Waals surface area (Å²) in [5.74, 6) is -0.0621. The van der Waals surface area contributed by atoms with E-state index in [1.165, 1.54) is 11.1 Å². The van der Waals surface area contributed by atoms with Gasteiger partial charge in [-0.05, 0) is 42.5 Å². The van der Waals surface area contributed by atoms with Crippen molar-refractivity contribution in [3.05, 3.63) is 83.4 Å². The Bertz CT molecular complexity index is 845. The second-order valence-corrected chi connectivity index (χ2v) is 7.04. The van der Waals surface area contributed by atoms with Crippen molar-refractivity contribution in [2.24, 2.45) is 11.0 Å². The fraction of sp³-hybridized carbons (Fsp3) is 0.360. The molecule has 2 aromatic rings. The maximum Gasteiger partial charge on any atom is 0.243 e. The van der Waals surface area contributed by atoms with Crippen LogP contribution in [0.1, 0.15) is 49.4 Å². The molecule has 1 aliphatic rings. The number of aryl methyl sites for hydroxylation is 2. The molecule has 0 fully saturated rings. The fourth-order valence-electron chi connectivity index (χ4n) is 3.25. The van der Waals surface area contributed by atoms with Crippen molar-refractivity contribution >= 4 is 11.6 Å². The van der Waals surface area contributed by atoms with E-state index in [-0.39, 0.29) is 50.6 Å². The molecule has 1 amide bonds. The molecule has 3 nitrogen and oxygen atoms in total. The van der Waals surface area contributed by atoms with Gasteiger partial charge in [-0.3, -0.25) is 16.4 Å². The molecule has 0 saturated carbocycles. The molecule has 1 aliphatic heterocycles. The predicted molar refractivity (Wildman–Crippen MR) is 117 cm³/mol. The normalized spacial score (nSPS) is 16.7. The van der Waals surface area contributed by atoms with Crippen molar-refractivity contribution in [3.63, 3.8) is 0 Å². The summed E-state index contributed by atoms with van der Waals surface area (Å²) < 4.78 is 0. The second kappa shape index (κ2) is 12.2. The number of hydrogen-bond donors (Lipinski definition) is 0. The SMILES string of the molecule is C=[C-]C(Cc1ccc(C)c(C)c1)N1N=C(c2ccccc2)CC(C)C1=O.CC.[Y]. The van der Waals surface area contributed by atoms with Crippen LogP contribution >= 0.6 is 0 Å². The molecule has 0 bridgehead atoms. The Morgan fingerprint density at radius 2 is 1.79 bits per heavy atom. The van der Waals surface area contributed by atoms with Crippen molar-refractivity contribution in [1.29, 1.82) is 0 Å². The van der Waals surface area contributed by atoms with E-state index in [0.717, 1.165) is 16.8 Å². The van der Waals surface area contributed by atoms with Crippen molar-refractivity contribution in [1.82, 2.24) is 5.01 Å². The van der Waals surface area contributed by atoms with Crippen LogP contribution in [0.25, 0.3) is 0 Å². The van der Waals surface area contributed by atoms with Gasteiger partial charge < -0.3 is 6.08 Å². The molecule has 3 rings (SSSR count). The first kappa shape index (κ1) is 25.5. The van der Waals surface area contributed by atoms with E-state index in [0.29, 0.717) is 12.8 Å². The van der Waals surface area contributed by atoms with Crippen LogP contribution in [0.4, 0.5) is 0 Å². The van der Waals surface area contributed by atoms with E-state index < -0.39 is 0 Å². The van der Waals surface area contributed by atoms with Crippen LogP contribution in [-0.4, -0.2) is 22.7 Å². The topological polar surface area (TPSA) is 32.7 Å². The fourth-order valence-corrected chi connectivity index (χ4v) is 3.25. The standard InChI is InChI=1S/C23H25N2O.C2H6.Y/c1-5-21(15-19-12-11-16(2)17(3)13-19)25-23(26)18(4)14-22(24-25)20-9-7-6-8-10-20;1-2;/h6-13,18,21H,1,14-15H2,2-4H3;1-2H3;/q-1;;. The van der Waals surface area contributed by atoms with E-state index in [4.69, 9.17) is 0 Å². The molecule has 0 saturated heterocycles. The van der Waals surface area contributed by atoms with Gasteiger partial charge in [0.1, 0.15) is 0 Å². The van der Waals surface area contributed by atoms with Crippen LogP contribution in [-0.2, 0) is 43.9 Å². The number of rotatable bonds is 5. The largest absolute Gasteiger partial charge is 0.478 e. The molecule has 151 valence electrons. The number of carbonyl (C=O) groups is 1. The van der Waals surface area contributed by atoms with E-state index in [1.807, 2.05) is 51.1 Å².